The van der Waals surface area contributed by atoms with E-state index in [0.29, 0.717) is 11.6 Å². The van der Waals surface area contributed by atoms with Gasteiger partial charge in [-0.3, -0.25) is 4.79 Å². The zero-order valence-electron chi connectivity index (χ0n) is 12.8. The van der Waals surface area contributed by atoms with Gasteiger partial charge in [0.05, 0.1) is 5.25 Å². The predicted octanol–water partition coefficient (Wildman–Crippen LogP) is 4.62. The maximum absolute atomic E-state index is 12.4. The van der Waals surface area contributed by atoms with Crippen LogP contribution in [0.15, 0.2) is 54.6 Å². The number of carbonyl (C=O) groups excluding carboxylic acids is 1. The summed E-state index contributed by atoms with van der Waals surface area (Å²) in [6.07, 6.45) is 0. The normalized spacial score (nSPS) is 12.0. The van der Waals surface area contributed by atoms with E-state index >= 15 is 0 Å². The van der Waals surface area contributed by atoms with Gasteiger partial charge in [-0.2, -0.15) is 0 Å². The fourth-order valence-electron chi connectivity index (χ4n) is 2.12. The van der Waals surface area contributed by atoms with Gasteiger partial charge in [0.15, 0.2) is 0 Å². The highest BCUT2D eigenvalue weighted by Crippen LogP contribution is 2.20. The second-order valence-corrected chi connectivity index (χ2v) is 7.03. The smallest absolute Gasteiger partial charge is 0.235 e. The number of benzene rings is 2. The lowest BCUT2D eigenvalue weighted by molar-refractivity contribution is -0.129. The number of rotatable bonds is 6. The Hall–Kier alpha value is -1.45. The molecule has 0 unspecified atom stereocenters. The van der Waals surface area contributed by atoms with Crippen LogP contribution in [0.5, 0.6) is 0 Å². The SMILES string of the molecule is C[C@@H](SCc1ccccc1)C(=O)N(C)Cc1ccc(Cl)cc1. The third-order valence-corrected chi connectivity index (χ3v) is 4.85. The van der Waals surface area contributed by atoms with Crippen LogP contribution in [0.4, 0.5) is 0 Å². The van der Waals surface area contributed by atoms with E-state index in [-0.39, 0.29) is 11.2 Å². The van der Waals surface area contributed by atoms with E-state index in [0.717, 1.165) is 11.3 Å². The fourth-order valence-corrected chi connectivity index (χ4v) is 3.20. The van der Waals surface area contributed by atoms with Crippen molar-refractivity contribution in [3.05, 3.63) is 70.7 Å². The molecule has 22 heavy (non-hydrogen) atoms. The molecule has 0 spiro atoms. The van der Waals surface area contributed by atoms with Crippen LogP contribution in [0.3, 0.4) is 0 Å². The standard InChI is InChI=1S/C18H20ClNOS/c1-14(22-13-16-6-4-3-5-7-16)18(21)20(2)12-15-8-10-17(19)11-9-15/h3-11,14H,12-13H2,1-2H3/t14-/m1/s1. The van der Waals surface area contributed by atoms with Gasteiger partial charge in [0.25, 0.3) is 0 Å². The molecule has 2 nitrogen and oxygen atoms in total. The van der Waals surface area contributed by atoms with Crippen molar-refractivity contribution >= 4 is 29.3 Å². The van der Waals surface area contributed by atoms with Crippen LogP contribution >= 0.6 is 23.4 Å². The summed E-state index contributed by atoms with van der Waals surface area (Å²) in [5.74, 6) is 0.999. The van der Waals surface area contributed by atoms with Crippen molar-refractivity contribution in [1.29, 1.82) is 0 Å². The summed E-state index contributed by atoms with van der Waals surface area (Å²) in [5.41, 5.74) is 2.33. The molecular weight excluding hydrogens is 314 g/mol. The van der Waals surface area contributed by atoms with E-state index < -0.39 is 0 Å². The molecule has 2 rings (SSSR count). The van der Waals surface area contributed by atoms with Crippen molar-refractivity contribution in [2.24, 2.45) is 0 Å². The molecule has 0 fully saturated rings. The summed E-state index contributed by atoms with van der Waals surface area (Å²) in [6, 6.07) is 17.8. The summed E-state index contributed by atoms with van der Waals surface area (Å²) in [7, 11) is 1.84. The van der Waals surface area contributed by atoms with Crippen molar-refractivity contribution in [3.8, 4) is 0 Å². The van der Waals surface area contributed by atoms with Crippen LogP contribution < -0.4 is 0 Å². The van der Waals surface area contributed by atoms with Crippen molar-refractivity contribution in [2.75, 3.05) is 7.05 Å². The second-order valence-electron chi connectivity index (χ2n) is 5.26. The Balaban J connectivity index is 1.85. The Morgan fingerprint density at radius 2 is 1.73 bits per heavy atom. The molecule has 1 amide bonds. The minimum absolute atomic E-state index is 0.0579. The van der Waals surface area contributed by atoms with Crippen LogP contribution in [0.1, 0.15) is 18.1 Å². The van der Waals surface area contributed by atoms with E-state index in [1.165, 1.54) is 5.56 Å². The molecule has 0 aromatic heterocycles. The van der Waals surface area contributed by atoms with E-state index in [2.05, 4.69) is 12.1 Å². The van der Waals surface area contributed by atoms with Gasteiger partial charge in [-0.15, -0.1) is 11.8 Å². The van der Waals surface area contributed by atoms with Crippen LogP contribution in [-0.4, -0.2) is 23.1 Å². The first-order valence-electron chi connectivity index (χ1n) is 7.21. The minimum Gasteiger partial charge on any atom is -0.340 e. The average Bonchev–Trinajstić information content (AvgIpc) is 2.55. The molecule has 0 saturated heterocycles. The molecule has 1 atom stereocenters. The van der Waals surface area contributed by atoms with Gasteiger partial charge >= 0.3 is 0 Å². The maximum Gasteiger partial charge on any atom is 0.235 e. The van der Waals surface area contributed by atoms with Gasteiger partial charge < -0.3 is 4.90 Å². The molecule has 0 heterocycles. The monoisotopic (exact) mass is 333 g/mol. The highest BCUT2D eigenvalue weighted by molar-refractivity contribution is 7.99. The summed E-state index contributed by atoms with van der Waals surface area (Å²) in [4.78, 5) is 14.2. The number of halogens is 1. The van der Waals surface area contributed by atoms with Crippen molar-refractivity contribution in [1.82, 2.24) is 4.90 Å². The zero-order valence-corrected chi connectivity index (χ0v) is 14.4. The number of carbonyl (C=O) groups is 1. The lowest BCUT2D eigenvalue weighted by atomic mass is 10.2. The van der Waals surface area contributed by atoms with Gasteiger partial charge in [0, 0.05) is 24.4 Å². The largest absolute Gasteiger partial charge is 0.340 e. The van der Waals surface area contributed by atoms with Crippen LogP contribution in [0, 0.1) is 0 Å². The third kappa shape index (κ3) is 5.08. The molecule has 0 saturated carbocycles. The highest BCUT2D eigenvalue weighted by Gasteiger charge is 2.18. The van der Waals surface area contributed by atoms with E-state index in [1.807, 2.05) is 56.4 Å². The molecule has 0 aliphatic carbocycles. The Bertz CT molecular complexity index is 600. The Morgan fingerprint density at radius 3 is 2.36 bits per heavy atom. The van der Waals surface area contributed by atoms with Gasteiger partial charge in [0.2, 0.25) is 5.91 Å². The topological polar surface area (TPSA) is 20.3 Å². The van der Waals surface area contributed by atoms with E-state index in [9.17, 15) is 4.79 Å². The number of thioether (sulfide) groups is 1. The predicted molar refractivity (Wildman–Crippen MR) is 95.1 cm³/mol. The van der Waals surface area contributed by atoms with Crippen molar-refractivity contribution < 1.29 is 4.79 Å². The zero-order chi connectivity index (χ0) is 15.9. The first kappa shape index (κ1) is 16.9. The van der Waals surface area contributed by atoms with Gasteiger partial charge in [-0.05, 0) is 30.2 Å². The lowest BCUT2D eigenvalue weighted by Gasteiger charge is -2.21. The Labute approximate surface area is 141 Å². The molecule has 0 bridgehead atoms. The average molecular weight is 334 g/mol. The minimum atomic E-state index is -0.0579. The van der Waals surface area contributed by atoms with Gasteiger partial charge in [0.1, 0.15) is 0 Å². The molecule has 0 radical (unpaired) electrons. The van der Waals surface area contributed by atoms with E-state index in [4.69, 9.17) is 11.6 Å². The Kier molecular flexibility index (Phi) is 6.34. The number of hydrogen-bond acceptors (Lipinski definition) is 2. The van der Waals surface area contributed by atoms with Gasteiger partial charge in [-0.1, -0.05) is 54.1 Å². The van der Waals surface area contributed by atoms with Gasteiger partial charge in [-0.25, -0.2) is 0 Å². The summed E-state index contributed by atoms with van der Waals surface area (Å²) < 4.78 is 0. The van der Waals surface area contributed by atoms with Crippen LogP contribution in [0.25, 0.3) is 0 Å². The quantitative estimate of drug-likeness (QED) is 0.768. The van der Waals surface area contributed by atoms with E-state index in [1.54, 1.807) is 16.7 Å². The molecule has 2 aromatic rings. The molecule has 0 aliphatic heterocycles. The molecule has 4 heteroatoms. The van der Waals surface area contributed by atoms with Crippen molar-refractivity contribution in [3.63, 3.8) is 0 Å². The molecule has 0 aliphatic rings. The Morgan fingerprint density at radius 1 is 1.09 bits per heavy atom. The number of amides is 1. The van der Waals surface area contributed by atoms with Crippen LogP contribution in [0.2, 0.25) is 5.02 Å². The van der Waals surface area contributed by atoms with Crippen LogP contribution in [-0.2, 0) is 17.1 Å². The number of hydrogen-bond donors (Lipinski definition) is 0. The molecule has 0 N–H and O–H groups in total. The number of nitrogens with zero attached hydrogens (tertiary/aromatic N) is 1. The maximum atomic E-state index is 12.4. The third-order valence-electron chi connectivity index (χ3n) is 3.40. The summed E-state index contributed by atoms with van der Waals surface area (Å²) in [6.45, 7) is 2.57. The first-order chi connectivity index (χ1) is 10.6. The summed E-state index contributed by atoms with van der Waals surface area (Å²) >= 11 is 7.54. The molecular formula is C18H20ClNOS. The second kappa shape index (κ2) is 8.25. The highest BCUT2D eigenvalue weighted by atomic mass is 35.5. The molecule has 116 valence electrons. The van der Waals surface area contributed by atoms with Crippen molar-refractivity contribution in [2.45, 2.75) is 24.5 Å². The molecule has 2 aromatic carbocycles. The lowest BCUT2D eigenvalue weighted by Crippen LogP contribution is -2.32. The summed E-state index contributed by atoms with van der Waals surface area (Å²) in [5, 5.41) is 0.655. The fraction of sp³-hybridized carbons (Fsp3) is 0.278. The first-order valence-corrected chi connectivity index (χ1v) is 8.64.